The second-order valence-corrected chi connectivity index (χ2v) is 6.33. The molecule has 0 aliphatic rings. The van der Waals surface area contributed by atoms with Gasteiger partial charge in [0.15, 0.2) is 11.5 Å². The molecule has 1 aromatic carbocycles. The van der Waals surface area contributed by atoms with E-state index in [1.165, 1.54) is 0 Å². The molecule has 0 saturated heterocycles. The van der Waals surface area contributed by atoms with Crippen LogP contribution >= 0.6 is 11.6 Å². The Bertz CT molecular complexity index is 928. The summed E-state index contributed by atoms with van der Waals surface area (Å²) in [4.78, 5) is 11.9. The topological polar surface area (TPSA) is 81.3 Å². The van der Waals surface area contributed by atoms with Crippen LogP contribution in [-0.2, 0) is 13.1 Å². The molecule has 0 fully saturated rings. The van der Waals surface area contributed by atoms with Crippen LogP contribution in [0.5, 0.6) is 17.4 Å². The zero-order chi connectivity index (χ0) is 19.2. The quantitative estimate of drug-likeness (QED) is 0.584. The van der Waals surface area contributed by atoms with Gasteiger partial charge in [0.2, 0.25) is 5.88 Å². The van der Waals surface area contributed by atoms with Crippen LogP contribution in [0, 0.1) is 0 Å². The lowest BCUT2D eigenvalue weighted by molar-refractivity contribution is 0.340. The van der Waals surface area contributed by atoms with Gasteiger partial charge in [0, 0.05) is 41.0 Å². The summed E-state index contributed by atoms with van der Waals surface area (Å²) in [6, 6.07) is 5.71. The van der Waals surface area contributed by atoms with E-state index in [9.17, 15) is 0 Å². The monoisotopic (exact) mass is 388 g/mol. The molecule has 0 atom stereocenters. The Morgan fingerprint density at radius 2 is 1.96 bits per heavy atom. The highest BCUT2D eigenvalue weighted by Crippen LogP contribution is 2.33. The molecule has 0 aliphatic carbocycles. The van der Waals surface area contributed by atoms with Gasteiger partial charge in [-0.05, 0) is 12.1 Å². The van der Waals surface area contributed by atoms with Crippen LogP contribution in [-0.4, -0.2) is 35.8 Å². The average molecular weight is 389 g/mol. The predicted octanol–water partition coefficient (Wildman–Crippen LogP) is 3.40. The van der Waals surface area contributed by atoms with Crippen molar-refractivity contribution in [2.45, 2.75) is 13.1 Å². The van der Waals surface area contributed by atoms with Crippen LogP contribution < -0.4 is 19.5 Å². The van der Waals surface area contributed by atoms with Gasteiger partial charge in [0.1, 0.15) is 12.4 Å². The summed E-state index contributed by atoms with van der Waals surface area (Å²) in [7, 11) is 3.19. The van der Waals surface area contributed by atoms with Crippen molar-refractivity contribution in [1.29, 1.82) is 0 Å². The number of aromatic amines is 1. The third kappa shape index (κ3) is 4.69. The van der Waals surface area contributed by atoms with E-state index in [4.69, 9.17) is 25.8 Å². The number of imidazole rings is 1. The minimum absolute atomic E-state index is 0.179. The Kier molecular flexibility index (Phi) is 6.16. The molecule has 27 heavy (non-hydrogen) atoms. The molecule has 0 spiro atoms. The number of methoxy groups -OCH3 is 2. The maximum absolute atomic E-state index is 5.85. The zero-order valence-corrected chi connectivity index (χ0v) is 16.0. The fourth-order valence-electron chi connectivity index (χ4n) is 2.64. The van der Waals surface area contributed by atoms with Crippen LogP contribution in [0.25, 0.3) is 10.9 Å². The molecule has 0 aliphatic heterocycles. The molecule has 0 radical (unpaired) electrons. The number of nitrogens with one attached hydrogen (secondary N) is 2. The smallest absolute Gasteiger partial charge is 0.218 e. The Balaban J connectivity index is 1.91. The average Bonchev–Trinajstić information content (AvgIpc) is 3.18. The molecule has 3 rings (SSSR count). The van der Waals surface area contributed by atoms with Gasteiger partial charge < -0.3 is 24.5 Å². The molecule has 0 bridgehead atoms. The molecule has 2 aromatic heterocycles. The molecule has 2 N–H and O–H groups in total. The van der Waals surface area contributed by atoms with Crippen LogP contribution in [0.15, 0.2) is 42.2 Å². The largest absolute Gasteiger partial charge is 0.493 e. The lowest BCUT2D eigenvalue weighted by Crippen LogP contribution is -2.15. The Morgan fingerprint density at radius 3 is 2.63 bits per heavy atom. The molecule has 0 saturated carbocycles. The van der Waals surface area contributed by atoms with E-state index in [0.717, 1.165) is 22.3 Å². The van der Waals surface area contributed by atoms with Crippen molar-refractivity contribution in [2.75, 3.05) is 20.8 Å². The molecule has 142 valence electrons. The Morgan fingerprint density at radius 1 is 1.19 bits per heavy atom. The number of benzene rings is 1. The van der Waals surface area contributed by atoms with Gasteiger partial charge in [0.05, 0.1) is 26.3 Å². The van der Waals surface area contributed by atoms with Gasteiger partial charge in [-0.1, -0.05) is 18.2 Å². The predicted molar refractivity (Wildman–Crippen MR) is 104 cm³/mol. The van der Waals surface area contributed by atoms with Crippen molar-refractivity contribution >= 4 is 22.5 Å². The minimum atomic E-state index is 0.179. The van der Waals surface area contributed by atoms with Gasteiger partial charge in [-0.3, -0.25) is 0 Å². The number of hydrogen-bond donors (Lipinski definition) is 2. The van der Waals surface area contributed by atoms with Gasteiger partial charge >= 0.3 is 0 Å². The van der Waals surface area contributed by atoms with Gasteiger partial charge in [-0.2, -0.15) is 0 Å². The number of ether oxygens (including phenoxy) is 3. The Labute approximate surface area is 162 Å². The van der Waals surface area contributed by atoms with Crippen LogP contribution in [0.3, 0.4) is 0 Å². The normalized spacial score (nSPS) is 10.8. The highest BCUT2D eigenvalue weighted by molar-refractivity contribution is 6.29. The van der Waals surface area contributed by atoms with Crippen molar-refractivity contribution in [3.8, 4) is 17.4 Å². The van der Waals surface area contributed by atoms with Crippen LogP contribution in [0.1, 0.15) is 11.4 Å². The number of hydrogen-bond acceptors (Lipinski definition) is 6. The third-order valence-electron chi connectivity index (χ3n) is 3.89. The first-order valence-electron chi connectivity index (χ1n) is 8.31. The third-order valence-corrected chi connectivity index (χ3v) is 4.00. The summed E-state index contributed by atoms with van der Waals surface area (Å²) in [6.07, 6.45) is 3.50. The van der Waals surface area contributed by atoms with E-state index >= 15 is 0 Å². The summed E-state index contributed by atoms with van der Waals surface area (Å²) < 4.78 is 16.5. The van der Waals surface area contributed by atoms with Crippen LogP contribution in [0.2, 0.25) is 0 Å². The van der Waals surface area contributed by atoms with E-state index in [2.05, 4.69) is 26.8 Å². The molecule has 0 amide bonds. The second kappa shape index (κ2) is 8.75. The molecule has 2 heterocycles. The van der Waals surface area contributed by atoms with Crippen molar-refractivity contribution < 1.29 is 14.2 Å². The lowest BCUT2D eigenvalue weighted by Gasteiger charge is -2.14. The fourth-order valence-corrected chi connectivity index (χ4v) is 2.69. The van der Waals surface area contributed by atoms with Gasteiger partial charge in [0.25, 0.3) is 0 Å². The number of rotatable bonds is 9. The van der Waals surface area contributed by atoms with E-state index in [1.807, 2.05) is 18.2 Å². The maximum Gasteiger partial charge on any atom is 0.218 e. The molecule has 8 heteroatoms. The van der Waals surface area contributed by atoms with E-state index in [0.29, 0.717) is 35.5 Å². The van der Waals surface area contributed by atoms with E-state index in [1.54, 1.807) is 26.6 Å². The van der Waals surface area contributed by atoms with Crippen molar-refractivity contribution in [2.24, 2.45) is 0 Å². The summed E-state index contributed by atoms with van der Waals surface area (Å²) in [5.74, 6) is 2.59. The number of halogens is 1. The number of fused-ring (bicyclic) bond motifs is 1. The highest BCUT2D eigenvalue weighted by atomic mass is 35.5. The summed E-state index contributed by atoms with van der Waals surface area (Å²) in [5.41, 5.74) is 1.62. The second-order valence-electron chi connectivity index (χ2n) is 5.80. The van der Waals surface area contributed by atoms with Crippen LogP contribution in [0.4, 0.5) is 0 Å². The maximum atomic E-state index is 5.85. The fraction of sp³-hybridized carbons (Fsp3) is 0.263. The number of pyridine rings is 1. The molecule has 3 aromatic rings. The van der Waals surface area contributed by atoms with E-state index in [-0.39, 0.29) is 6.61 Å². The van der Waals surface area contributed by atoms with E-state index < -0.39 is 0 Å². The standard InChI is InChI=1S/C19H21ClN4O3/c1-12(20)11-27-19-14(9-21-10-18-22-4-5-23-18)6-13-7-16(25-2)17(26-3)8-15(13)24-19/h4-8,21H,1,9-11H2,2-3H3,(H,22,23). The minimum Gasteiger partial charge on any atom is -0.493 e. The number of H-pyrrole nitrogens is 1. The van der Waals surface area contributed by atoms with Crippen molar-refractivity contribution in [3.63, 3.8) is 0 Å². The molecule has 0 unspecified atom stereocenters. The SMILES string of the molecule is C=C(Cl)COc1nc2cc(OC)c(OC)cc2cc1CNCc1ncc[nH]1. The summed E-state index contributed by atoms with van der Waals surface area (Å²) >= 11 is 5.85. The number of aromatic nitrogens is 3. The highest BCUT2D eigenvalue weighted by Gasteiger charge is 2.13. The molecule has 7 nitrogen and oxygen atoms in total. The molecular formula is C19H21ClN4O3. The first kappa shape index (κ1) is 19.0. The van der Waals surface area contributed by atoms with Gasteiger partial charge in [-0.15, -0.1) is 0 Å². The van der Waals surface area contributed by atoms with Gasteiger partial charge in [-0.25, -0.2) is 9.97 Å². The first-order chi connectivity index (χ1) is 13.1. The van der Waals surface area contributed by atoms with Crippen molar-refractivity contribution in [3.05, 3.63) is 53.6 Å². The zero-order valence-electron chi connectivity index (χ0n) is 15.2. The molecular weight excluding hydrogens is 368 g/mol. The summed E-state index contributed by atoms with van der Waals surface area (Å²) in [6.45, 7) is 4.97. The lowest BCUT2D eigenvalue weighted by atomic mass is 10.1. The number of nitrogens with zero attached hydrogens (tertiary/aromatic N) is 2. The van der Waals surface area contributed by atoms with Crippen molar-refractivity contribution in [1.82, 2.24) is 20.3 Å². The Hall–Kier alpha value is -2.77. The first-order valence-corrected chi connectivity index (χ1v) is 8.69. The summed E-state index contributed by atoms with van der Waals surface area (Å²) in [5, 5.41) is 4.64.